The van der Waals surface area contributed by atoms with Crippen LogP contribution >= 0.6 is 0 Å². The molecule has 4 aromatic rings. The van der Waals surface area contributed by atoms with Crippen molar-refractivity contribution in [2.24, 2.45) is 0 Å². The number of carbonyl (C=O) groups is 3. The Kier molecular flexibility index (Phi) is 10.6. The largest absolute Gasteiger partial charge is 0.508 e. The Bertz CT molecular complexity index is 1640. The van der Waals surface area contributed by atoms with Gasteiger partial charge >= 0.3 is 5.97 Å². The summed E-state index contributed by atoms with van der Waals surface area (Å²) in [6.07, 6.45) is 3.69. The van der Waals surface area contributed by atoms with Crippen LogP contribution in [-0.4, -0.2) is 51.0 Å². The average molecular weight is 623 g/mol. The SMILES string of the molecule is CC(C)(C)OC(=O)CCNC(=O)C(Cc1ccc(-c2ncc(-c3ccc(O)cc3)cn2)cc1)NC(=O)c1ccc(C(C)(C)C)cc1. The highest BCUT2D eigenvalue weighted by Gasteiger charge is 2.24. The number of aromatic nitrogens is 2. The normalized spacial score (nSPS) is 12.2. The van der Waals surface area contributed by atoms with E-state index in [-0.39, 0.29) is 36.5 Å². The number of amides is 2. The van der Waals surface area contributed by atoms with Gasteiger partial charge in [-0.25, -0.2) is 9.97 Å². The third-order valence-electron chi connectivity index (χ3n) is 7.19. The molecule has 0 radical (unpaired) electrons. The summed E-state index contributed by atoms with van der Waals surface area (Å²) < 4.78 is 5.33. The van der Waals surface area contributed by atoms with Crippen molar-refractivity contribution >= 4 is 17.8 Å². The molecule has 0 saturated carbocycles. The lowest BCUT2D eigenvalue weighted by Crippen LogP contribution is -2.48. The zero-order chi connectivity index (χ0) is 33.5. The van der Waals surface area contributed by atoms with Crippen LogP contribution in [0.3, 0.4) is 0 Å². The van der Waals surface area contributed by atoms with Crippen LogP contribution < -0.4 is 10.6 Å². The maximum atomic E-state index is 13.3. The molecule has 1 heterocycles. The summed E-state index contributed by atoms with van der Waals surface area (Å²) in [7, 11) is 0. The number of aromatic hydroxyl groups is 1. The van der Waals surface area contributed by atoms with Crippen LogP contribution in [0.4, 0.5) is 0 Å². The number of hydrogen-bond acceptors (Lipinski definition) is 7. The van der Waals surface area contributed by atoms with E-state index >= 15 is 0 Å². The fraction of sp³-hybridized carbons (Fsp3) is 0.324. The Hall–Kier alpha value is -5.05. The average Bonchev–Trinajstić information content (AvgIpc) is 3.00. The molecule has 1 unspecified atom stereocenters. The number of phenolic OH excluding ortho intramolecular Hbond substituents is 1. The molecular weight excluding hydrogens is 580 g/mol. The third-order valence-corrected chi connectivity index (χ3v) is 7.19. The molecule has 9 nitrogen and oxygen atoms in total. The van der Waals surface area contributed by atoms with Crippen LogP contribution in [0.15, 0.2) is 85.2 Å². The van der Waals surface area contributed by atoms with Gasteiger partial charge in [0, 0.05) is 42.0 Å². The second-order valence-electron chi connectivity index (χ2n) is 13.2. The second-order valence-corrected chi connectivity index (χ2v) is 13.2. The zero-order valence-corrected chi connectivity index (χ0v) is 27.3. The summed E-state index contributed by atoms with van der Waals surface area (Å²) in [6.45, 7) is 11.7. The predicted molar refractivity (Wildman–Crippen MR) is 178 cm³/mol. The van der Waals surface area contributed by atoms with E-state index in [0.717, 1.165) is 27.8 Å². The lowest BCUT2D eigenvalue weighted by molar-refractivity contribution is -0.154. The number of nitrogens with zero attached hydrogens (tertiary/aromatic N) is 2. The van der Waals surface area contributed by atoms with E-state index in [9.17, 15) is 19.5 Å². The van der Waals surface area contributed by atoms with Gasteiger partial charge in [0.25, 0.3) is 5.91 Å². The van der Waals surface area contributed by atoms with Crippen LogP contribution in [0.1, 0.15) is 69.4 Å². The molecule has 0 aliphatic rings. The highest BCUT2D eigenvalue weighted by Crippen LogP contribution is 2.24. The minimum absolute atomic E-state index is 0.0121. The molecule has 4 rings (SSSR count). The van der Waals surface area contributed by atoms with Gasteiger partial charge in [0.05, 0.1) is 6.42 Å². The van der Waals surface area contributed by atoms with Gasteiger partial charge in [-0.2, -0.15) is 0 Å². The van der Waals surface area contributed by atoms with Crippen molar-refractivity contribution in [2.45, 2.75) is 71.4 Å². The van der Waals surface area contributed by atoms with E-state index in [1.807, 2.05) is 36.4 Å². The van der Waals surface area contributed by atoms with Gasteiger partial charge in [-0.05, 0) is 67.1 Å². The maximum Gasteiger partial charge on any atom is 0.308 e. The maximum absolute atomic E-state index is 13.3. The summed E-state index contributed by atoms with van der Waals surface area (Å²) in [5.41, 5.74) is 4.20. The summed E-state index contributed by atoms with van der Waals surface area (Å²) in [5.74, 6) is -0.457. The monoisotopic (exact) mass is 622 g/mol. The summed E-state index contributed by atoms with van der Waals surface area (Å²) in [5, 5.41) is 15.2. The highest BCUT2D eigenvalue weighted by molar-refractivity contribution is 5.97. The fourth-order valence-corrected chi connectivity index (χ4v) is 4.68. The Labute approximate surface area is 270 Å². The van der Waals surface area contributed by atoms with Crippen molar-refractivity contribution in [3.05, 3.63) is 102 Å². The van der Waals surface area contributed by atoms with Crippen LogP contribution in [0.2, 0.25) is 0 Å². The van der Waals surface area contributed by atoms with Crippen molar-refractivity contribution < 1.29 is 24.2 Å². The first-order valence-electron chi connectivity index (χ1n) is 15.3. The Morgan fingerprint density at radius 1 is 0.783 bits per heavy atom. The van der Waals surface area contributed by atoms with Crippen LogP contribution in [0.25, 0.3) is 22.5 Å². The van der Waals surface area contributed by atoms with Crippen molar-refractivity contribution in [1.82, 2.24) is 20.6 Å². The van der Waals surface area contributed by atoms with E-state index in [2.05, 4.69) is 41.4 Å². The van der Waals surface area contributed by atoms with Crippen molar-refractivity contribution in [3.63, 3.8) is 0 Å². The Balaban J connectivity index is 1.46. The number of phenols is 1. The molecule has 0 spiro atoms. The first-order chi connectivity index (χ1) is 21.7. The molecule has 3 N–H and O–H groups in total. The molecule has 3 aromatic carbocycles. The number of nitrogens with one attached hydrogen (secondary N) is 2. The van der Waals surface area contributed by atoms with Gasteiger partial charge in [0.2, 0.25) is 5.91 Å². The number of ether oxygens (including phenoxy) is 1. The molecule has 0 aliphatic heterocycles. The van der Waals surface area contributed by atoms with Gasteiger partial charge in [0.1, 0.15) is 17.4 Å². The first-order valence-corrected chi connectivity index (χ1v) is 15.3. The highest BCUT2D eigenvalue weighted by atomic mass is 16.6. The van der Waals surface area contributed by atoms with Crippen molar-refractivity contribution in [3.8, 4) is 28.3 Å². The van der Waals surface area contributed by atoms with Crippen molar-refractivity contribution in [2.75, 3.05) is 6.54 Å². The van der Waals surface area contributed by atoms with Gasteiger partial charge in [-0.15, -0.1) is 0 Å². The topological polar surface area (TPSA) is 131 Å². The minimum Gasteiger partial charge on any atom is -0.508 e. The standard InChI is InChI=1S/C37H42N4O5/c1-36(2,3)29-15-11-27(12-16-29)34(44)41-31(35(45)38-20-19-32(43)46-37(4,5)6)21-24-7-9-26(10-8-24)33-39-22-28(23-40-33)25-13-17-30(42)18-14-25/h7-18,22-23,31,42H,19-21H2,1-6H3,(H,38,45)(H,41,44). The predicted octanol–water partition coefficient (Wildman–Crippen LogP) is 6.00. The smallest absolute Gasteiger partial charge is 0.308 e. The summed E-state index contributed by atoms with van der Waals surface area (Å²) in [4.78, 5) is 47.7. The number of hydrogen-bond donors (Lipinski definition) is 3. The van der Waals surface area contributed by atoms with Gasteiger partial charge in [-0.1, -0.05) is 69.3 Å². The molecule has 0 saturated heterocycles. The lowest BCUT2D eigenvalue weighted by atomic mass is 9.86. The third kappa shape index (κ3) is 9.72. The van der Waals surface area contributed by atoms with Gasteiger partial charge in [0.15, 0.2) is 5.82 Å². The molecule has 0 fully saturated rings. The number of carbonyl (C=O) groups excluding carboxylic acids is 3. The van der Waals surface area contributed by atoms with E-state index in [4.69, 9.17) is 4.74 Å². The van der Waals surface area contributed by atoms with Crippen LogP contribution in [0.5, 0.6) is 5.75 Å². The molecular formula is C37H42N4O5. The van der Waals surface area contributed by atoms with E-state index in [1.54, 1.807) is 69.6 Å². The fourth-order valence-electron chi connectivity index (χ4n) is 4.68. The van der Waals surface area contributed by atoms with Crippen LogP contribution in [-0.2, 0) is 26.2 Å². The Morgan fingerprint density at radius 2 is 1.37 bits per heavy atom. The summed E-state index contributed by atoms with van der Waals surface area (Å²) >= 11 is 0. The molecule has 46 heavy (non-hydrogen) atoms. The summed E-state index contributed by atoms with van der Waals surface area (Å²) in [6, 6.07) is 20.8. The van der Waals surface area contributed by atoms with Gasteiger partial charge < -0.3 is 20.5 Å². The molecule has 240 valence electrons. The molecule has 0 bridgehead atoms. The Morgan fingerprint density at radius 3 is 1.93 bits per heavy atom. The number of benzene rings is 3. The zero-order valence-electron chi connectivity index (χ0n) is 27.3. The molecule has 0 aliphatic carbocycles. The number of rotatable bonds is 10. The van der Waals surface area contributed by atoms with E-state index in [1.165, 1.54) is 0 Å². The molecule has 1 aromatic heterocycles. The minimum atomic E-state index is -0.889. The molecule has 2 amide bonds. The lowest BCUT2D eigenvalue weighted by Gasteiger charge is -2.21. The van der Waals surface area contributed by atoms with Gasteiger partial charge in [-0.3, -0.25) is 14.4 Å². The van der Waals surface area contributed by atoms with E-state index < -0.39 is 23.5 Å². The van der Waals surface area contributed by atoms with Crippen LogP contribution in [0, 0.1) is 0 Å². The quantitative estimate of drug-likeness (QED) is 0.185. The van der Waals surface area contributed by atoms with Crippen molar-refractivity contribution in [1.29, 1.82) is 0 Å². The second kappa shape index (κ2) is 14.4. The molecule has 1 atom stereocenters. The van der Waals surface area contributed by atoms with E-state index in [0.29, 0.717) is 11.4 Å². The molecule has 9 heteroatoms. The first kappa shape index (κ1) is 33.8. The number of esters is 1.